The fourth-order valence-electron chi connectivity index (χ4n) is 2.06. The van der Waals surface area contributed by atoms with Crippen LogP contribution in [-0.4, -0.2) is 75.1 Å². The first-order chi connectivity index (χ1) is 8.69. The van der Waals surface area contributed by atoms with Crippen LogP contribution < -0.4 is 5.32 Å². The molecule has 1 saturated heterocycles. The van der Waals surface area contributed by atoms with Crippen LogP contribution in [0, 0.1) is 0 Å². The molecule has 1 aliphatic heterocycles. The summed E-state index contributed by atoms with van der Waals surface area (Å²) in [5.41, 5.74) is 0. The van der Waals surface area contributed by atoms with Crippen LogP contribution >= 0.6 is 0 Å². The number of carbonyl (C=O) groups excluding carboxylic acids is 1. The molecular formula is C12H24N2O4. The number of hydrogen-bond acceptors (Lipinski definition) is 5. The third kappa shape index (κ3) is 4.89. The van der Waals surface area contributed by atoms with Crippen molar-refractivity contribution >= 4 is 5.91 Å². The Bertz CT molecular complexity index is 250. The Balaban J connectivity index is 2.43. The highest BCUT2D eigenvalue weighted by Crippen LogP contribution is 2.10. The van der Waals surface area contributed by atoms with Crippen LogP contribution in [-0.2, 0) is 14.3 Å². The minimum absolute atomic E-state index is 0.0414. The summed E-state index contributed by atoms with van der Waals surface area (Å²) in [5, 5.41) is 12.5. The van der Waals surface area contributed by atoms with Crippen LogP contribution in [0.15, 0.2) is 0 Å². The number of amides is 1. The third-order valence-electron chi connectivity index (χ3n) is 3.06. The van der Waals surface area contributed by atoms with E-state index >= 15 is 0 Å². The van der Waals surface area contributed by atoms with Gasteiger partial charge in [-0.1, -0.05) is 0 Å². The quantitative estimate of drug-likeness (QED) is 0.560. The lowest BCUT2D eigenvalue weighted by Crippen LogP contribution is -2.45. The molecular weight excluding hydrogens is 236 g/mol. The summed E-state index contributed by atoms with van der Waals surface area (Å²) in [6.07, 6.45) is 0.885. The molecule has 0 saturated carbocycles. The Kier molecular flexibility index (Phi) is 7.19. The van der Waals surface area contributed by atoms with Gasteiger partial charge in [0, 0.05) is 40.5 Å². The highest BCUT2D eigenvalue weighted by atomic mass is 16.5. The number of nitrogens with one attached hydrogen (secondary N) is 1. The molecule has 1 heterocycles. The number of β-amino-alcohol motifs (C(OH)–C–C–N with tert-alkyl or cyclic N) is 1. The van der Waals surface area contributed by atoms with Gasteiger partial charge in [-0.05, 0) is 12.8 Å². The van der Waals surface area contributed by atoms with E-state index in [9.17, 15) is 9.90 Å². The SMILES string of the molecule is COCCCN(CCOC)C(=O)C1CC(O)CN1. The first kappa shape index (κ1) is 15.4. The lowest BCUT2D eigenvalue weighted by molar-refractivity contribution is -0.134. The van der Waals surface area contributed by atoms with Gasteiger partial charge in [-0.25, -0.2) is 0 Å². The van der Waals surface area contributed by atoms with E-state index in [1.54, 1.807) is 19.1 Å². The lowest BCUT2D eigenvalue weighted by atomic mass is 10.1. The molecule has 0 bridgehead atoms. The fourth-order valence-corrected chi connectivity index (χ4v) is 2.06. The maximum atomic E-state index is 12.2. The zero-order valence-electron chi connectivity index (χ0n) is 11.2. The van der Waals surface area contributed by atoms with Crippen LogP contribution in [0.4, 0.5) is 0 Å². The van der Waals surface area contributed by atoms with Crippen molar-refractivity contribution in [2.45, 2.75) is 25.0 Å². The van der Waals surface area contributed by atoms with Crippen LogP contribution in [0.25, 0.3) is 0 Å². The molecule has 0 aromatic rings. The van der Waals surface area contributed by atoms with Gasteiger partial charge in [-0.2, -0.15) is 0 Å². The van der Waals surface area contributed by atoms with E-state index in [-0.39, 0.29) is 11.9 Å². The number of aliphatic hydroxyl groups is 1. The topological polar surface area (TPSA) is 71.0 Å². The van der Waals surface area contributed by atoms with Crippen molar-refractivity contribution in [3.8, 4) is 0 Å². The monoisotopic (exact) mass is 260 g/mol. The van der Waals surface area contributed by atoms with Crippen molar-refractivity contribution in [3.05, 3.63) is 0 Å². The van der Waals surface area contributed by atoms with Gasteiger partial charge in [0.1, 0.15) is 0 Å². The molecule has 0 aromatic carbocycles. The molecule has 1 rings (SSSR count). The minimum atomic E-state index is -0.415. The second kappa shape index (κ2) is 8.42. The molecule has 2 atom stereocenters. The number of aliphatic hydroxyl groups excluding tert-OH is 1. The van der Waals surface area contributed by atoms with Gasteiger partial charge in [0.05, 0.1) is 18.8 Å². The van der Waals surface area contributed by atoms with E-state index in [2.05, 4.69) is 5.32 Å². The van der Waals surface area contributed by atoms with Gasteiger partial charge in [0.25, 0.3) is 0 Å². The highest BCUT2D eigenvalue weighted by molar-refractivity contribution is 5.82. The zero-order valence-corrected chi connectivity index (χ0v) is 11.2. The molecule has 0 spiro atoms. The number of methoxy groups -OCH3 is 2. The number of hydrogen-bond donors (Lipinski definition) is 2. The molecule has 6 heteroatoms. The number of rotatable bonds is 8. The Morgan fingerprint density at radius 3 is 2.61 bits per heavy atom. The summed E-state index contributed by atoms with van der Waals surface area (Å²) in [7, 11) is 3.27. The summed E-state index contributed by atoms with van der Waals surface area (Å²) in [4.78, 5) is 14.0. The molecule has 0 aromatic heterocycles. The molecule has 1 amide bonds. The van der Waals surface area contributed by atoms with Gasteiger partial charge < -0.3 is 24.8 Å². The first-order valence-electron chi connectivity index (χ1n) is 6.37. The van der Waals surface area contributed by atoms with Gasteiger partial charge in [-0.15, -0.1) is 0 Å². The van der Waals surface area contributed by atoms with Gasteiger partial charge in [-0.3, -0.25) is 4.79 Å². The Morgan fingerprint density at radius 1 is 1.33 bits per heavy atom. The molecule has 0 radical (unpaired) electrons. The van der Waals surface area contributed by atoms with E-state index in [1.807, 2.05) is 0 Å². The van der Waals surface area contributed by atoms with Crippen molar-refractivity contribution in [2.75, 3.05) is 47.1 Å². The Morgan fingerprint density at radius 2 is 2.06 bits per heavy atom. The molecule has 18 heavy (non-hydrogen) atoms. The van der Waals surface area contributed by atoms with Crippen molar-refractivity contribution in [2.24, 2.45) is 0 Å². The lowest BCUT2D eigenvalue weighted by Gasteiger charge is -2.25. The molecule has 1 aliphatic rings. The Hall–Kier alpha value is -0.690. The molecule has 2 N–H and O–H groups in total. The van der Waals surface area contributed by atoms with Crippen molar-refractivity contribution < 1.29 is 19.4 Å². The smallest absolute Gasteiger partial charge is 0.239 e. The summed E-state index contributed by atoms with van der Waals surface area (Å²) in [6, 6.07) is -0.264. The third-order valence-corrected chi connectivity index (χ3v) is 3.06. The summed E-state index contributed by atoms with van der Waals surface area (Å²) in [5.74, 6) is 0.0414. The number of ether oxygens (including phenoxy) is 2. The molecule has 6 nitrogen and oxygen atoms in total. The average Bonchev–Trinajstić information content (AvgIpc) is 2.79. The zero-order chi connectivity index (χ0) is 13.4. The number of carbonyl (C=O) groups is 1. The van der Waals surface area contributed by atoms with E-state index in [4.69, 9.17) is 9.47 Å². The molecule has 1 fully saturated rings. The minimum Gasteiger partial charge on any atom is -0.392 e. The predicted molar refractivity (Wildman–Crippen MR) is 67.4 cm³/mol. The summed E-state index contributed by atoms with van der Waals surface area (Å²) < 4.78 is 10.0. The van der Waals surface area contributed by atoms with Crippen molar-refractivity contribution in [1.82, 2.24) is 10.2 Å². The van der Waals surface area contributed by atoms with E-state index in [0.717, 1.165) is 6.42 Å². The van der Waals surface area contributed by atoms with Crippen molar-refractivity contribution in [1.29, 1.82) is 0 Å². The average molecular weight is 260 g/mol. The van der Waals surface area contributed by atoms with Gasteiger partial charge in [0.2, 0.25) is 5.91 Å². The van der Waals surface area contributed by atoms with Crippen LogP contribution in [0.3, 0.4) is 0 Å². The molecule has 0 aliphatic carbocycles. The first-order valence-corrected chi connectivity index (χ1v) is 6.37. The van der Waals surface area contributed by atoms with Crippen LogP contribution in [0.1, 0.15) is 12.8 Å². The maximum absolute atomic E-state index is 12.2. The van der Waals surface area contributed by atoms with E-state index < -0.39 is 6.10 Å². The molecule has 106 valence electrons. The summed E-state index contributed by atoms with van der Waals surface area (Å²) >= 11 is 0. The molecule has 2 unspecified atom stereocenters. The van der Waals surface area contributed by atoms with Crippen LogP contribution in [0.5, 0.6) is 0 Å². The predicted octanol–water partition coefficient (Wildman–Crippen LogP) is -0.779. The second-order valence-corrected chi connectivity index (χ2v) is 4.51. The van der Waals surface area contributed by atoms with E-state index in [0.29, 0.717) is 39.3 Å². The fraction of sp³-hybridized carbons (Fsp3) is 0.917. The van der Waals surface area contributed by atoms with Crippen molar-refractivity contribution in [3.63, 3.8) is 0 Å². The van der Waals surface area contributed by atoms with Crippen LogP contribution in [0.2, 0.25) is 0 Å². The normalized spacial score (nSPS) is 23.3. The largest absolute Gasteiger partial charge is 0.392 e. The standard InChI is InChI=1S/C12H24N2O4/c1-17-6-3-4-14(5-7-18-2)12(16)11-8-10(15)9-13-11/h10-11,13,15H,3-9H2,1-2H3. The van der Waals surface area contributed by atoms with Gasteiger partial charge >= 0.3 is 0 Å². The Labute approximate surface area is 108 Å². The number of nitrogens with zero attached hydrogens (tertiary/aromatic N) is 1. The van der Waals surface area contributed by atoms with Gasteiger partial charge in [0.15, 0.2) is 0 Å². The summed E-state index contributed by atoms with van der Waals surface area (Å²) in [6.45, 7) is 2.88. The van der Waals surface area contributed by atoms with E-state index in [1.165, 1.54) is 0 Å². The second-order valence-electron chi connectivity index (χ2n) is 4.51. The highest BCUT2D eigenvalue weighted by Gasteiger charge is 2.30. The maximum Gasteiger partial charge on any atom is 0.239 e.